The predicted octanol–water partition coefficient (Wildman–Crippen LogP) is 0.288. The largest absolute Gasteiger partial charge is 0.358 e. The van der Waals surface area contributed by atoms with E-state index in [0.29, 0.717) is 11.0 Å². The summed E-state index contributed by atoms with van der Waals surface area (Å²) in [7, 11) is 1.56. The Labute approximate surface area is 80.5 Å². The number of aromatic nitrogens is 2. The molecule has 1 amide bonds. The molecule has 1 aromatic heterocycles. The molecule has 1 rings (SSSR count). The van der Waals surface area contributed by atoms with Gasteiger partial charge in [-0.15, -0.1) is 0 Å². The molecule has 6 heteroatoms. The summed E-state index contributed by atoms with van der Waals surface area (Å²) >= 11 is 5.57. The molecule has 1 heterocycles. The van der Waals surface area contributed by atoms with Crippen molar-refractivity contribution in [2.45, 2.75) is 0 Å². The maximum Gasteiger partial charge on any atom is 0.239 e. The normalized spacial score (nSPS) is 9.38. The highest BCUT2D eigenvalue weighted by Gasteiger charge is 1.98. The highest BCUT2D eigenvalue weighted by atomic mass is 35.5. The Hall–Kier alpha value is -1.36. The Morgan fingerprint density at radius 2 is 2.15 bits per heavy atom. The molecule has 0 aromatic carbocycles. The van der Waals surface area contributed by atoms with E-state index >= 15 is 0 Å². The van der Waals surface area contributed by atoms with Gasteiger partial charge in [0.15, 0.2) is 0 Å². The van der Waals surface area contributed by atoms with Gasteiger partial charge in [-0.1, -0.05) is 11.6 Å². The van der Waals surface area contributed by atoms with Gasteiger partial charge in [-0.25, -0.2) is 9.97 Å². The second-order valence-corrected chi connectivity index (χ2v) is 2.69. The maximum atomic E-state index is 10.8. The molecule has 2 N–H and O–H groups in total. The van der Waals surface area contributed by atoms with Crippen LogP contribution in [0.2, 0.25) is 5.02 Å². The van der Waals surface area contributed by atoms with Crippen molar-refractivity contribution in [3.05, 3.63) is 17.4 Å². The first-order chi connectivity index (χ1) is 6.22. The molecule has 0 atom stereocenters. The van der Waals surface area contributed by atoms with Crippen LogP contribution in [-0.2, 0) is 4.79 Å². The van der Waals surface area contributed by atoms with Crippen molar-refractivity contribution in [2.24, 2.45) is 0 Å². The van der Waals surface area contributed by atoms with Gasteiger partial charge in [-0.05, 0) is 0 Å². The molecule has 13 heavy (non-hydrogen) atoms. The summed E-state index contributed by atoms with van der Waals surface area (Å²) < 4.78 is 0. The van der Waals surface area contributed by atoms with Gasteiger partial charge < -0.3 is 10.6 Å². The van der Waals surface area contributed by atoms with Crippen LogP contribution in [0.4, 0.5) is 5.95 Å². The van der Waals surface area contributed by atoms with E-state index in [4.69, 9.17) is 11.6 Å². The molecule has 0 aliphatic heterocycles. The van der Waals surface area contributed by atoms with Gasteiger partial charge in [0.25, 0.3) is 0 Å². The quantitative estimate of drug-likeness (QED) is 0.736. The molecule has 0 saturated heterocycles. The first-order valence-electron chi connectivity index (χ1n) is 3.64. The van der Waals surface area contributed by atoms with Gasteiger partial charge in [0.2, 0.25) is 11.9 Å². The summed E-state index contributed by atoms with van der Waals surface area (Å²) in [5, 5.41) is 5.66. The minimum Gasteiger partial charge on any atom is -0.358 e. The predicted molar refractivity (Wildman–Crippen MR) is 49.6 cm³/mol. The highest BCUT2D eigenvalue weighted by Crippen LogP contribution is 2.04. The minimum atomic E-state index is -0.126. The number of hydrogen-bond acceptors (Lipinski definition) is 4. The van der Waals surface area contributed by atoms with E-state index in [-0.39, 0.29) is 12.5 Å². The summed E-state index contributed by atoms with van der Waals surface area (Å²) in [6, 6.07) is 0. The lowest BCUT2D eigenvalue weighted by atomic mass is 10.6. The highest BCUT2D eigenvalue weighted by molar-refractivity contribution is 6.30. The van der Waals surface area contributed by atoms with Crippen molar-refractivity contribution in [2.75, 3.05) is 18.9 Å². The van der Waals surface area contributed by atoms with E-state index in [2.05, 4.69) is 20.6 Å². The smallest absolute Gasteiger partial charge is 0.239 e. The van der Waals surface area contributed by atoms with Crippen molar-refractivity contribution in [1.29, 1.82) is 0 Å². The van der Waals surface area contributed by atoms with E-state index in [0.717, 1.165) is 0 Å². The summed E-state index contributed by atoms with van der Waals surface area (Å²) in [4.78, 5) is 18.5. The van der Waals surface area contributed by atoms with E-state index in [9.17, 15) is 4.79 Å². The minimum absolute atomic E-state index is 0.126. The third-order valence-electron chi connectivity index (χ3n) is 1.31. The zero-order valence-corrected chi connectivity index (χ0v) is 7.80. The average molecular weight is 201 g/mol. The number of hydrogen-bond donors (Lipinski definition) is 2. The number of rotatable bonds is 3. The van der Waals surface area contributed by atoms with Crippen LogP contribution in [-0.4, -0.2) is 29.5 Å². The Bertz CT molecular complexity index is 287. The van der Waals surface area contributed by atoms with E-state index in [1.54, 1.807) is 7.05 Å². The molecule has 0 spiro atoms. The SMILES string of the molecule is CNC(=O)CNc1ncc(Cl)cn1. The number of nitrogens with one attached hydrogen (secondary N) is 2. The molecule has 70 valence electrons. The Morgan fingerprint density at radius 1 is 1.54 bits per heavy atom. The Kier molecular flexibility index (Phi) is 3.45. The first kappa shape index (κ1) is 9.73. The number of likely N-dealkylation sites (N-methyl/N-ethyl adjacent to an activating group) is 1. The Balaban J connectivity index is 2.46. The molecule has 0 saturated carbocycles. The van der Waals surface area contributed by atoms with Gasteiger partial charge in [-0.2, -0.15) is 0 Å². The second kappa shape index (κ2) is 4.61. The van der Waals surface area contributed by atoms with Gasteiger partial charge in [0.1, 0.15) is 0 Å². The fraction of sp³-hybridized carbons (Fsp3) is 0.286. The topological polar surface area (TPSA) is 66.9 Å². The average Bonchev–Trinajstić information content (AvgIpc) is 2.16. The van der Waals surface area contributed by atoms with Crippen LogP contribution in [0.15, 0.2) is 12.4 Å². The van der Waals surface area contributed by atoms with Crippen LogP contribution >= 0.6 is 11.6 Å². The fourth-order valence-corrected chi connectivity index (χ4v) is 0.749. The molecule has 0 radical (unpaired) electrons. The molecule has 0 fully saturated rings. The van der Waals surface area contributed by atoms with Gasteiger partial charge in [0.05, 0.1) is 24.0 Å². The number of halogens is 1. The number of carbonyl (C=O) groups excluding carboxylic acids is 1. The van der Waals surface area contributed by atoms with Crippen molar-refractivity contribution < 1.29 is 4.79 Å². The number of amides is 1. The van der Waals surface area contributed by atoms with Crippen LogP contribution in [0.25, 0.3) is 0 Å². The summed E-state index contributed by atoms with van der Waals surface area (Å²) in [5.41, 5.74) is 0. The first-order valence-corrected chi connectivity index (χ1v) is 4.02. The van der Waals surface area contributed by atoms with E-state index < -0.39 is 0 Å². The fourth-order valence-electron chi connectivity index (χ4n) is 0.651. The van der Waals surface area contributed by atoms with Crippen LogP contribution in [0.1, 0.15) is 0 Å². The third kappa shape index (κ3) is 3.25. The van der Waals surface area contributed by atoms with Gasteiger partial charge in [-0.3, -0.25) is 4.79 Å². The van der Waals surface area contributed by atoms with E-state index in [1.807, 2.05) is 0 Å². The molecule has 1 aromatic rings. The summed E-state index contributed by atoms with van der Waals surface area (Å²) in [6.07, 6.45) is 2.92. The van der Waals surface area contributed by atoms with Gasteiger partial charge in [0, 0.05) is 7.05 Å². The number of anilines is 1. The maximum absolute atomic E-state index is 10.8. The molecule has 0 aliphatic rings. The van der Waals surface area contributed by atoms with Crippen molar-refractivity contribution in [3.8, 4) is 0 Å². The zero-order valence-electron chi connectivity index (χ0n) is 7.04. The summed E-state index contributed by atoms with van der Waals surface area (Å²) in [6.45, 7) is 0.151. The monoisotopic (exact) mass is 200 g/mol. The van der Waals surface area contributed by atoms with Gasteiger partial charge >= 0.3 is 0 Å². The molecule has 5 nitrogen and oxygen atoms in total. The zero-order chi connectivity index (χ0) is 9.68. The number of carbonyl (C=O) groups is 1. The van der Waals surface area contributed by atoms with E-state index in [1.165, 1.54) is 12.4 Å². The molecular formula is C7H9ClN4O. The summed E-state index contributed by atoms with van der Waals surface area (Å²) in [5.74, 6) is 0.256. The standard InChI is InChI=1S/C7H9ClN4O/c1-9-6(13)4-12-7-10-2-5(8)3-11-7/h2-3H,4H2,1H3,(H,9,13)(H,10,11,12). The lowest BCUT2D eigenvalue weighted by Crippen LogP contribution is -2.26. The third-order valence-corrected chi connectivity index (χ3v) is 1.50. The van der Waals surface area contributed by atoms with Crippen molar-refractivity contribution in [1.82, 2.24) is 15.3 Å². The lowest BCUT2D eigenvalue weighted by molar-refractivity contribution is -0.118. The van der Waals surface area contributed by atoms with Crippen molar-refractivity contribution in [3.63, 3.8) is 0 Å². The van der Waals surface area contributed by atoms with Crippen LogP contribution < -0.4 is 10.6 Å². The molecular weight excluding hydrogens is 192 g/mol. The number of nitrogens with zero attached hydrogens (tertiary/aromatic N) is 2. The van der Waals surface area contributed by atoms with Crippen LogP contribution in [0, 0.1) is 0 Å². The molecule has 0 unspecified atom stereocenters. The molecule has 0 bridgehead atoms. The molecule has 0 aliphatic carbocycles. The Morgan fingerprint density at radius 3 is 2.69 bits per heavy atom. The lowest BCUT2D eigenvalue weighted by Gasteiger charge is -2.02. The van der Waals surface area contributed by atoms with Crippen LogP contribution in [0.5, 0.6) is 0 Å². The van der Waals surface area contributed by atoms with Crippen LogP contribution in [0.3, 0.4) is 0 Å². The van der Waals surface area contributed by atoms with Crippen molar-refractivity contribution >= 4 is 23.5 Å². The second-order valence-electron chi connectivity index (χ2n) is 2.25.